The average molecular weight is 228 g/mol. The number of carbonyl (C=O) groups excluding carboxylic acids is 1. The number of amides is 1. The van der Waals surface area contributed by atoms with Gasteiger partial charge in [-0.1, -0.05) is 18.2 Å². The molecule has 1 aromatic heterocycles. The van der Waals surface area contributed by atoms with Gasteiger partial charge in [0.15, 0.2) is 5.69 Å². The summed E-state index contributed by atoms with van der Waals surface area (Å²) in [5, 5.41) is 26.4. The highest BCUT2D eigenvalue weighted by Crippen LogP contribution is 1.99. The summed E-state index contributed by atoms with van der Waals surface area (Å²) in [6.07, 6.45) is 1.94. The van der Waals surface area contributed by atoms with Crippen LogP contribution in [0.3, 0.4) is 0 Å². The molecule has 0 saturated carbocycles. The van der Waals surface area contributed by atoms with Crippen molar-refractivity contribution < 1.29 is 19.9 Å². The number of rotatable bonds is 5. The molecule has 0 bridgehead atoms. The highest BCUT2D eigenvalue weighted by Gasteiger charge is 2.21. The lowest BCUT2D eigenvalue weighted by atomic mass is 10.1. The van der Waals surface area contributed by atoms with E-state index in [1.807, 2.05) is 6.92 Å². The van der Waals surface area contributed by atoms with E-state index < -0.39 is 17.9 Å². The molecule has 0 fully saturated rings. The molecule has 0 aromatic carbocycles. The number of carboxylic acid groups (broad SMARTS) is 1. The molecule has 0 spiro atoms. The van der Waals surface area contributed by atoms with Crippen molar-refractivity contribution in [2.24, 2.45) is 0 Å². The van der Waals surface area contributed by atoms with Gasteiger partial charge in [-0.05, 0) is 11.6 Å². The Bertz CT molecular complexity index is 389. The molecule has 1 heterocycles. The minimum absolute atomic E-state index is 0.134. The second-order valence-electron chi connectivity index (χ2n) is 3.18. The van der Waals surface area contributed by atoms with Crippen molar-refractivity contribution in [3.05, 3.63) is 11.9 Å². The minimum Gasteiger partial charge on any atom is -0.480 e. The van der Waals surface area contributed by atoms with Crippen LogP contribution < -0.4 is 5.32 Å². The van der Waals surface area contributed by atoms with Gasteiger partial charge in [-0.3, -0.25) is 4.79 Å². The van der Waals surface area contributed by atoms with Gasteiger partial charge in [-0.25, -0.2) is 4.79 Å². The average Bonchev–Trinajstić information content (AvgIpc) is 2.64. The van der Waals surface area contributed by atoms with Crippen LogP contribution in [0.25, 0.3) is 0 Å². The Morgan fingerprint density at radius 3 is 2.75 bits per heavy atom. The largest absolute Gasteiger partial charge is 0.480 e. The molecular weight excluding hydrogens is 216 g/mol. The maximum atomic E-state index is 11.4. The summed E-state index contributed by atoms with van der Waals surface area (Å²) in [7, 11) is 0. The van der Waals surface area contributed by atoms with Crippen LogP contribution in [-0.2, 0) is 4.79 Å². The van der Waals surface area contributed by atoms with Gasteiger partial charge >= 0.3 is 5.97 Å². The zero-order valence-corrected chi connectivity index (χ0v) is 8.62. The number of carboxylic acids is 1. The fourth-order valence-corrected chi connectivity index (χ4v) is 1.14. The Labute approximate surface area is 90.8 Å². The molecule has 0 saturated heterocycles. The lowest BCUT2D eigenvalue weighted by molar-refractivity contribution is -0.139. The van der Waals surface area contributed by atoms with Crippen LogP contribution in [0.5, 0.6) is 0 Å². The van der Waals surface area contributed by atoms with E-state index in [0.29, 0.717) is 17.7 Å². The van der Waals surface area contributed by atoms with Gasteiger partial charge < -0.3 is 15.6 Å². The van der Waals surface area contributed by atoms with Crippen LogP contribution in [0, 0.1) is 0 Å². The SMILES string of the molecule is CCCC(NC(=O)c1cn(O)nn1)C(=O)O. The second kappa shape index (κ2) is 5.10. The first-order chi connectivity index (χ1) is 7.54. The van der Waals surface area contributed by atoms with Gasteiger partial charge in [-0.2, -0.15) is 0 Å². The van der Waals surface area contributed by atoms with Crippen LogP contribution in [0.1, 0.15) is 30.3 Å². The highest BCUT2D eigenvalue weighted by atomic mass is 16.5. The fourth-order valence-electron chi connectivity index (χ4n) is 1.14. The van der Waals surface area contributed by atoms with Crippen molar-refractivity contribution in [1.29, 1.82) is 0 Å². The molecule has 8 nitrogen and oxygen atoms in total. The number of carbonyl (C=O) groups is 2. The van der Waals surface area contributed by atoms with Crippen molar-refractivity contribution in [3.8, 4) is 0 Å². The molecular formula is C8H12N4O4. The van der Waals surface area contributed by atoms with Gasteiger partial charge in [0.1, 0.15) is 6.04 Å². The van der Waals surface area contributed by atoms with Crippen LogP contribution in [0.2, 0.25) is 0 Å². The van der Waals surface area contributed by atoms with Gasteiger partial charge in [0.2, 0.25) is 0 Å². The quantitative estimate of drug-likeness (QED) is 0.585. The number of aromatic nitrogens is 3. The summed E-state index contributed by atoms with van der Waals surface area (Å²) in [4.78, 5) is 22.6. The number of hydrogen-bond donors (Lipinski definition) is 3. The lowest BCUT2D eigenvalue weighted by Gasteiger charge is -2.11. The first kappa shape index (κ1) is 12.0. The summed E-state index contributed by atoms with van der Waals surface area (Å²) >= 11 is 0. The third-order valence-corrected chi connectivity index (χ3v) is 1.90. The van der Waals surface area contributed by atoms with Gasteiger partial charge in [0.25, 0.3) is 5.91 Å². The standard InChI is InChI=1S/C8H12N4O4/c1-2-3-5(8(14)15)9-7(13)6-4-12(16)11-10-6/h4-5,16H,2-3H2,1H3,(H,9,13)(H,14,15). The molecule has 1 amide bonds. The smallest absolute Gasteiger partial charge is 0.326 e. The fraction of sp³-hybridized carbons (Fsp3) is 0.500. The van der Waals surface area contributed by atoms with E-state index in [4.69, 9.17) is 10.3 Å². The maximum Gasteiger partial charge on any atom is 0.326 e. The molecule has 3 N–H and O–H groups in total. The van der Waals surface area contributed by atoms with Gasteiger partial charge in [-0.15, -0.1) is 5.10 Å². The molecule has 0 aliphatic carbocycles. The first-order valence-electron chi connectivity index (χ1n) is 4.70. The van der Waals surface area contributed by atoms with E-state index in [1.54, 1.807) is 0 Å². The lowest BCUT2D eigenvalue weighted by Crippen LogP contribution is -2.40. The summed E-state index contributed by atoms with van der Waals surface area (Å²) < 4.78 is 0. The normalized spacial score (nSPS) is 12.1. The third-order valence-electron chi connectivity index (χ3n) is 1.90. The molecule has 1 rings (SSSR count). The van der Waals surface area contributed by atoms with Crippen molar-refractivity contribution >= 4 is 11.9 Å². The van der Waals surface area contributed by atoms with Crippen LogP contribution >= 0.6 is 0 Å². The molecule has 0 radical (unpaired) electrons. The Morgan fingerprint density at radius 2 is 2.31 bits per heavy atom. The molecule has 88 valence electrons. The summed E-state index contributed by atoms with van der Waals surface area (Å²) in [6.45, 7) is 1.81. The van der Waals surface area contributed by atoms with Crippen molar-refractivity contribution in [2.75, 3.05) is 0 Å². The Kier molecular flexibility index (Phi) is 3.81. The zero-order valence-electron chi connectivity index (χ0n) is 8.62. The zero-order chi connectivity index (χ0) is 12.1. The third kappa shape index (κ3) is 2.94. The van der Waals surface area contributed by atoms with Crippen LogP contribution in [-0.4, -0.2) is 43.4 Å². The molecule has 1 unspecified atom stereocenters. The molecule has 8 heteroatoms. The first-order valence-corrected chi connectivity index (χ1v) is 4.70. The summed E-state index contributed by atoms with van der Waals surface area (Å²) in [5.74, 6) is -1.78. The summed E-state index contributed by atoms with van der Waals surface area (Å²) in [6, 6.07) is -0.957. The van der Waals surface area contributed by atoms with Crippen molar-refractivity contribution in [2.45, 2.75) is 25.8 Å². The number of hydrogen-bond acceptors (Lipinski definition) is 5. The molecule has 16 heavy (non-hydrogen) atoms. The molecule has 0 aliphatic rings. The Morgan fingerprint density at radius 1 is 1.62 bits per heavy atom. The minimum atomic E-state index is -1.11. The predicted molar refractivity (Wildman–Crippen MR) is 51.0 cm³/mol. The van der Waals surface area contributed by atoms with E-state index in [-0.39, 0.29) is 5.69 Å². The monoisotopic (exact) mass is 228 g/mol. The number of nitrogens with zero attached hydrogens (tertiary/aromatic N) is 3. The van der Waals surface area contributed by atoms with Crippen molar-refractivity contribution in [1.82, 2.24) is 20.5 Å². The maximum absolute atomic E-state index is 11.4. The molecule has 1 aromatic rings. The second-order valence-corrected chi connectivity index (χ2v) is 3.18. The van der Waals surface area contributed by atoms with Crippen LogP contribution in [0.15, 0.2) is 6.20 Å². The van der Waals surface area contributed by atoms with E-state index in [9.17, 15) is 9.59 Å². The van der Waals surface area contributed by atoms with Crippen molar-refractivity contribution in [3.63, 3.8) is 0 Å². The van der Waals surface area contributed by atoms with Gasteiger partial charge in [0, 0.05) is 0 Å². The van der Waals surface area contributed by atoms with Crippen LogP contribution in [0.4, 0.5) is 0 Å². The van der Waals surface area contributed by atoms with E-state index in [0.717, 1.165) is 6.20 Å². The number of aliphatic carboxylic acids is 1. The number of nitrogens with one attached hydrogen (secondary N) is 1. The highest BCUT2D eigenvalue weighted by molar-refractivity contribution is 5.94. The predicted octanol–water partition coefficient (Wildman–Crippen LogP) is -0.501. The summed E-state index contributed by atoms with van der Waals surface area (Å²) in [5.41, 5.74) is -0.134. The molecule has 0 aliphatic heterocycles. The topological polar surface area (TPSA) is 117 Å². The molecule has 1 atom stereocenters. The van der Waals surface area contributed by atoms with E-state index in [2.05, 4.69) is 15.6 Å². The Hall–Kier alpha value is -2.12. The van der Waals surface area contributed by atoms with Gasteiger partial charge in [0.05, 0.1) is 6.20 Å². The van der Waals surface area contributed by atoms with E-state index in [1.165, 1.54) is 0 Å². The Balaban J connectivity index is 2.65. The van der Waals surface area contributed by atoms with E-state index >= 15 is 0 Å².